The van der Waals surface area contributed by atoms with Crippen molar-refractivity contribution in [1.29, 1.82) is 0 Å². The van der Waals surface area contributed by atoms with E-state index < -0.39 is 0 Å². The number of methoxy groups -OCH3 is 1. The lowest BCUT2D eigenvalue weighted by Gasteiger charge is -2.13. The van der Waals surface area contributed by atoms with E-state index in [4.69, 9.17) is 9.84 Å². The van der Waals surface area contributed by atoms with Gasteiger partial charge in [0.2, 0.25) is 5.91 Å². The Bertz CT molecular complexity index is 149. The molecule has 1 rings (SSSR count). The van der Waals surface area contributed by atoms with Gasteiger partial charge in [0.25, 0.3) is 0 Å². The van der Waals surface area contributed by atoms with Gasteiger partial charge in [-0.1, -0.05) is 0 Å². The Balaban J connectivity index is 2.38. The summed E-state index contributed by atoms with van der Waals surface area (Å²) in [7, 11) is 1.60. The van der Waals surface area contributed by atoms with Gasteiger partial charge in [-0.2, -0.15) is 0 Å². The lowest BCUT2D eigenvalue weighted by molar-refractivity contribution is -0.128. The molecule has 4 heteroatoms. The molecule has 11 heavy (non-hydrogen) atoms. The number of rotatable bonds is 3. The van der Waals surface area contributed by atoms with Gasteiger partial charge in [0.05, 0.1) is 19.1 Å². The number of carbonyl (C=O) groups excluding carboxylic acids is 1. The molecule has 1 atom stereocenters. The fraction of sp³-hybridized carbons (Fsp3) is 0.857. The molecule has 64 valence electrons. The van der Waals surface area contributed by atoms with Crippen LogP contribution in [-0.2, 0) is 9.53 Å². The summed E-state index contributed by atoms with van der Waals surface area (Å²) < 4.78 is 5.01. The molecule has 1 fully saturated rings. The zero-order chi connectivity index (χ0) is 8.27. The van der Waals surface area contributed by atoms with Gasteiger partial charge in [-0.25, -0.2) is 0 Å². The van der Waals surface area contributed by atoms with E-state index in [-0.39, 0.29) is 18.6 Å². The normalized spacial score (nSPS) is 24.7. The first-order chi connectivity index (χ1) is 5.27. The molecule has 0 bridgehead atoms. The van der Waals surface area contributed by atoms with E-state index in [0.29, 0.717) is 19.5 Å². The third kappa shape index (κ3) is 1.91. The van der Waals surface area contributed by atoms with Crippen molar-refractivity contribution in [2.24, 2.45) is 0 Å². The van der Waals surface area contributed by atoms with Crippen LogP contribution in [0.5, 0.6) is 0 Å². The summed E-state index contributed by atoms with van der Waals surface area (Å²) in [5.41, 5.74) is 0. The van der Waals surface area contributed by atoms with Crippen LogP contribution in [0.1, 0.15) is 6.42 Å². The molecule has 1 heterocycles. The van der Waals surface area contributed by atoms with Gasteiger partial charge in [-0.05, 0) is 0 Å². The van der Waals surface area contributed by atoms with Crippen LogP contribution < -0.4 is 0 Å². The highest BCUT2D eigenvalue weighted by atomic mass is 16.5. The number of hydrogen-bond donors (Lipinski definition) is 1. The predicted molar refractivity (Wildman–Crippen MR) is 39.1 cm³/mol. The molecule has 1 saturated heterocycles. The molecular weight excluding hydrogens is 146 g/mol. The number of ether oxygens (including phenoxy) is 1. The van der Waals surface area contributed by atoms with Gasteiger partial charge in [0.1, 0.15) is 0 Å². The predicted octanol–water partition coefficient (Wildman–Crippen LogP) is -0.774. The van der Waals surface area contributed by atoms with Gasteiger partial charge in [0.15, 0.2) is 0 Å². The molecule has 1 unspecified atom stereocenters. The van der Waals surface area contributed by atoms with E-state index in [1.54, 1.807) is 12.0 Å². The smallest absolute Gasteiger partial charge is 0.225 e. The van der Waals surface area contributed by atoms with E-state index in [1.807, 2.05) is 0 Å². The van der Waals surface area contributed by atoms with Gasteiger partial charge in [-0.15, -0.1) is 0 Å². The minimum atomic E-state index is 0.0223. The maximum atomic E-state index is 11.1. The second-order valence-electron chi connectivity index (χ2n) is 2.63. The molecule has 0 aromatic rings. The fourth-order valence-electron chi connectivity index (χ4n) is 1.23. The second kappa shape index (κ2) is 3.69. The van der Waals surface area contributed by atoms with Crippen molar-refractivity contribution in [3.8, 4) is 0 Å². The Morgan fingerprint density at radius 1 is 1.82 bits per heavy atom. The van der Waals surface area contributed by atoms with Gasteiger partial charge in [-0.3, -0.25) is 4.79 Å². The summed E-state index contributed by atoms with van der Waals surface area (Å²) in [4.78, 5) is 12.7. The van der Waals surface area contributed by atoms with Gasteiger partial charge >= 0.3 is 0 Å². The van der Waals surface area contributed by atoms with E-state index in [2.05, 4.69) is 0 Å². The van der Waals surface area contributed by atoms with Crippen LogP contribution in [0.4, 0.5) is 0 Å². The van der Waals surface area contributed by atoms with Crippen LogP contribution in [0.3, 0.4) is 0 Å². The largest absolute Gasteiger partial charge is 0.395 e. The van der Waals surface area contributed by atoms with Gasteiger partial charge in [0, 0.05) is 20.2 Å². The second-order valence-corrected chi connectivity index (χ2v) is 2.63. The first-order valence-electron chi connectivity index (χ1n) is 3.69. The Hall–Kier alpha value is -0.610. The van der Waals surface area contributed by atoms with Crippen LogP contribution >= 0.6 is 0 Å². The van der Waals surface area contributed by atoms with Crippen LogP contribution in [-0.4, -0.2) is 48.8 Å². The van der Waals surface area contributed by atoms with Crippen LogP contribution in [0, 0.1) is 0 Å². The molecule has 0 saturated carbocycles. The van der Waals surface area contributed by atoms with E-state index >= 15 is 0 Å². The third-order valence-corrected chi connectivity index (χ3v) is 1.88. The minimum absolute atomic E-state index is 0.0223. The number of likely N-dealkylation sites (tertiary alicyclic amines) is 1. The molecule has 0 aromatic heterocycles. The highest BCUT2D eigenvalue weighted by molar-refractivity contribution is 5.79. The monoisotopic (exact) mass is 159 g/mol. The van der Waals surface area contributed by atoms with Crippen molar-refractivity contribution in [1.82, 2.24) is 4.90 Å². The number of carbonyl (C=O) groups is 1. The summed E-state index contributed by atoms with van der Waals surface area (Å²) in [6.07, 6.45) is 0.477. The quantitative estimate of drug-likeness (QED) is 0.588. The molecule has 4 nitrogen and oxygen atoms in total. The number of amides is 1. The zero-order valence-electron chi connectivity index (χ0n) is 6.62. The average Bonchev–Trinajstić information content (AvgIpc) is 2.33. The van der Waals surface area contributed by atoms with Crippen molar-refractivity contribution in [3.05, 3.63) is 0 Å². The highest BCUT2D eigenvalue weighted by Gasteiger charge is 2.28. The number of β-amino-alcohol motifs (C(OH)–C–C–N with tert-alkyl or cyclic N) is 1. The molecule has 1 N–H and O–H groups in total. The van der Waals surface area contributed by atoms with Crippen molar-refractivity contribution in [3.63, 3.8) is 0 Å². The molecular formula is C7H13NO3. The van der Waals surface area contributed by atoms with E-state index in [0.717, 1.165) is 0 Å². The maximum absolute atomic E-state index is 11.1. The molecule has 1 aliphatic rings. The van der Waals surface area contributed by atoms with Crippen molar-refractivity contribution < 1.29 is 14.6 Å². The highest BCUT2D eigenvalue weighted by Crippen LogP contribution is 2.12. The fourth-order valence-corrected chi connectivity index (χ4v) is 1.23. The summed E-state index contributed by atoms with van der Waals surface area (Å²) >= 11 is 0. The first kappa shape index (κ1) is 8.49. The SMILES string of the molecule is COC1CC(=O)N(CCO)C1. The van der Waals surface area contributed by atoms with Crippen LogP contribution in [0.25, 0.3) is 0 Å². The van der Waals surface area contributed by atoms with Crippen LogP contribution in [0.15, 0.2) is 0 Å². The lowest BCUT2D eigenvalue weighted by atomic mass is 10.3. The first-order valence-corrected chi connectivity index (χ1v) is 3.69. The molecule has 0 aromatic carbocycles. The van der Waals surface area contributed by atoms with E-state index in [9.17, 15) is 4.79 Å². The Morgan fingerprint density at radius 3 is 3.00 bits per heavy atom. The number of aliphatic hydroxyl groups excluding tert-OH is 1. The third-order valence-electron chi connectivity index (χ3n) is 1.88. The zero-order valence-corrected chi connectivity index (χ0v) is 6.62. The van der Waals surface area contributed by atoms with Crippen molar-refractivity contribution in [2.75, 3.05) is 26.8 Å². The summed E-state index contributed by atoms with van der Waals surface area (Å²) in [6, 6.07) is 0. The molecule has 0 spiro atoms. The number of aliphatic hydroxyl groups is 1. The summed E-state index contributed by atoms with van der Waals surface area (Å²) in [5, 5.41) is 8.57. The Kier molecular flexibility index (Phi) is 2.84. The molecule has 1 amide bonds. The standard InChI is InChI=1S/C7H13NO3/c1-11-6-4-7(10)8(5-6)2-3-9/h6,9H,2-5H2,1H3. The van der Waals surface area contributed by atoms with Crippen LogP contribution in [0.2, 0.25) is 0 Å². The number of nitrogens with zero attached hydrogens (tertiary/aromatic N) is 1. The summed E-state index contributed by atoms with van der Waals surface area (Å²) in [5.74, 6) is 0.0749. The van der Waals surface area contributed by atoms with Crippen molar-refractivity contribution >= 4 is 5.91 Å². The Labute approximate surface area is 65.8 Å². The molecule has 0 radical (unpaired) electrons. The van der Waals surface area contributed by atoms with Crippen molar-refractivity contribution in [2.45, 2.75) is 12.5 Å². The average molecular weight is 159 g/mol. The maximum Gasteiger partial charge on any atom is 0.225 e. The number of hydrogen-bond acceptors (Lipinski definition) is 3. The van der Waals surface area contributed by atoms with E-state index in [1.165, 1.54) is 0 Å². The summed E-state index contributed by atoms with van der Waals surface area (Å²) in [6.45, 7) is 1.08. The Morgan fingerprint density at radius 2 is 2.55 bits per heavy atom. The topological polar surface area (TPSA) is 49.8 Å². The lowest BCUT2D eigenvalue weighted by Crippen LogP contribution is -2.29. The van der Waals surface area contributed by atoms with Gasteiger partial charge < -0.3 is 14.7 Å². The minimum Gasteiger partial charge on any atom is -0.395 e. The molecule has 0 aliphatic carbocycles. The molecule has 1 aliphatic heterocycles.